The summed E-state index contributed by atoms with van der Waals surface area (Å²) in [4.78, 5) is 5.19. The van der Waals surface area contributed by atoms with E-state index in [0.717, 1.165) is 37.8 Å². The molecule has 4 unspecified atom stereocenters. The Morgan fingerprint density at radius 2 is 1.91 bits per heavy atom. The van der Waals surface area contributed by atoms with E-state index < -0.39 is 12.7 Å². The molecule has 4 saturated heterocycles. The smallest absolute Gasteiger partial charge is 0.306 e. The quantitative estimate of drug-likeness (QED) is 0.806. The molecule has 3 nitrogen and oxygen atoms in total. The van der Waals surface area contributed by atoms with Crippen LogP contribution in [0.1, 0.15) is 39.5 Å². The van der Waals surface area contributed by atoms with Crippen LogP contribution in [0.15, 0.2) is 0 Å². The van der Waals surface area contributed by atoms with Gasteiger partial charge >= 0.3 is 6.18 Å². The number of fused-ring (bicyclic) bond motifs is 2. The molecule has 4 heterocycles. The maximum Gasteiger partial charge on any atom is 0.401 e. The third-order valence-corrected chi connectivity index (χ3v) is 6.11. The summed E-state index contributed by atoms with van der Waals surface area (Å²) in [5.74, 6) is 1.58. The summed E-state index contributed by atoms with van der Waals surface area (Å²) in [6.45, 7) is 7.81. The van der Waals surface area contributed by atoms with E-state index in [1.807, 2.05) is 6.92 Å². The minimum Gasteiger partial charge on any atom is -0.306 e. The van der Waals surface area contributed by atoms with Gasteiger partial charge < -0.3 is 5.32 Å². The van der Waals surface area contributed by atoms with Gasteiger partial charge in [-0.1, -0.05) is 6.92 Å². The minimum absolute atomic E-state index is 0.0959. The van der Waals surface area contributed by atoms with E-state index in [-0.39, 0.29) is 6.04 Å². The Kier molecular flexibility index (Phi) is 5.24. The SMILES string of the molecule is CCCN1CC2C3CCN(CC3)C2C1CC(C)NCC(F)(F)F. The van der Waals surface area contributed by atoms with Crippen molar-refractivity contribution in [2.24, 2.45) is 11.8 Å². The van der Waals surface area contributed by atoms with Gasteiger partial charge in [0, 0.05) is 24.7 Å². The summed E-state index contributed by atoms with van der Waals surface area (Å²) < 4.78 is 37.3. The summed E-state index contributed by atoms with van der Waals surface area (Å²) in [6.07, 6.45) is 0.444. The molecular weight excluding hydrogens is 303 g/mol. The number of nitrogens with zero attached hydrogens (tertiary/aromatic N) is 2. The van der Waals surface area contributed by atoms with E-state index in [2.05, 4.69) is 22.0 Å². The standard InChI is InChI=1S/C17H30F3N3/c1-3-6-23-10-14-13-4-7-22(8-5-13)16(14)15(23)9-12(2)21-11-17(18,19)20/h12-16,21H,3-11H2,1-2H3. The van der Waals surface area contributed by atoms with E-state index in [9.17, 15) is 13.2 Å². The van der Waals surface area contributed by atoms with Gasteiger partial charge in [-0.05, 0) is 64.1 Å². The van der Waals surface area contributed by atoms with E-state index in [1.165, 1.54) is 25.9 Å². The van der Waals surface area contributed by atoms with Crippen molar-refractivity contribution < 1.29 is 13.2 Å². The number of likely N-dealkylation sites (tertiary alicyclic amines) is 1. The highest BCUT2D eigenvalue weighted by atomic mass is 19.4. The van der Waals surface area contributed by atoms with Crippen LogP contribution < -0.4 is 5.32 Å². The number of piperidine rings is 3. The zero-order valence-electron chi connectivity index (χ0n) is 14.3. The lowest BCUT2D eigenvalue weighted by Gasteiger charge is -2.50. The molecule has 0 amide bonds. The first-order chi connectivity index (χ1) is 10.9. The van der Waals surface area contributed by atoms with E-state index in [1.54, 1.807) is 0 Å². The van der Waals surface area contributed by atoms with Gasteiger partial charge in [0.25, 0.3) is 0 Å². The van der Waals surface area contributed by atoms with Crippen LogP contribution in [0.2, 0.25) is 0 Å². The molecule has 4 aliphatic heterocycles. The molecule has 0 aromatic carbocycles. The van der Waals surface area contributed by atoms with Gasteiger partial charge in [0.05, 0.1) is 6.54 Å². The zero-order chi connectivity index (χ0) is 16.6. The van der Waals surface area contributed by atoms with Crippen molar-refractivity contribution in [1.29, 1.82) is 0 Å². The highest BCUT2D eigenvalue weighted by Gasteiger charge is 2.52. The van der Waals surface area contributed by atoms with Crippen LogP contribution in [-0.2, 0) is 0 Å². The average Bonchev–Trinajstić information content (AvgIpc) is 2.87. The van der Waals surface area contributed by atoms with Crippen LogP contribution in [-0.4, -0.2) is 66.8 Å². The van der Waals surface area contributed by atoms with Crippen molar-refractivity contribution in [3.8, 4) is 0 Å². The summed E-state index contributed by atoms with van der Waals surface area (Å²) in [7, 11) is 0. The summed E-state index contributed by atoms with van der Waals surface area (Å²) in [5, 5.41) is 2.68. The average molecular weight is 333 g/mol. The van der Waals surface area contributed by atoms with Crippen LogP contribution >= 0.6 is 0 Å². The van der Waals surface area contributed by atoms with Gasteiger partial charge in [-0.3, -0.25) is 9.80 Å². The second-order valence-corrected chi connectivity index (χ2v) is 7.72. The van der Waals surface area contributed by atoms with Gasteiger partial charge in [0.1, 0.15) is 0 Å². The Morgan fingerprint density at radius 3 is 2.52 bits per heavy atom. The summed E-state index contributed by atoms with van der Waals surface area (Å²) >= 11 is 0. The molecule has 0 aromatic heterocycles. The van der Waals surface area contributed by atoms with Crippen LogP contribution in [0.5, 0.6) is 0 Å². The van der Waals surface area contributed by atoms with Gasteiger partial charge in [0.2, 0.25) is 0 Å². The Morgan fingerprint density at radius 1 is 1.22 bits per heavy atom. The number of alkyl halides is 3. The number of nitrogens with one attached hydrogen (secondary N) is 1. The van der Waals surface area contributed by atoms with Crippen molar-refractivity contribution in [3.63, 3.8) is 0 Å². The third-order valence-electron chi connectivity index (χ3n) is 6.11. The minimum atomic E-state index is -4.12. The number of rotatable bonds is 6. The monoisotopic (exact) mass is 333 g/mol. The summed E-state index contributed by atoms with van der Waals surface area (Å²) in [6, 6.07) is 0.893. The van der Waals surface area contributed by atoms with Gasteiger partial charge in [0.15, 0.2) is 0 Å². The topological polar surface area (TPSA) is 18.5 Å². The lowest BCUT2D eigenvalue weighted by molar-refractivity contribution is -0.126. The van der Waals surface area contributed by atoms with Crippen LogP contribution in [0, 0.1) is 11.8 Å². The van der Waals surface area contributed by atoms with Gasteiger partial charge in [-0.25, -0.2) is 0 Å². The third kappa shape index (κ3) is 3.85. The molecule has 0 aliphatic carbocycles. The molecule has 4 rings (SSSR count). The van der Waals surface area contributed by atoms with Crippen molar-refractivity contribution in [2.45, 2.75) is 63.8 Å². The predicted octanol–water partition coefficient (Wildman–Crippen LogP) is 2.72. The Bertz CT molecular complexity index is 393. The van der Waals surface area contributed by atoms with Gasteiger partial charge in [-0.15, -0.1) is 0 Å². The second kappa shape index (κ2) is 6.89. The second-order valence-electron chi connectivity index (χ2n) is 7.72. The molecule has 2 bridgehead atoms. The van der Waals surface area contributed by atoms with Gasteiger partial charge in [-0.2, -0.15) is 13.2 Å². The molecule has 4 aliphatic rings. The normalized spacial score (nSPS) is 38.7. The number of hydrogen-bond acceptors (Lipinski definition) is 3. The van der Waals surface area contributed by atoms with Crippen molar-refractivity contribution >= 4 is 0 Å². The maximum absolute atomic E-state index is 12.4. The summed E-state index contributed by atoms with van der Waals surface area (Å²) in [5.41, 5.74) is 0. The molecule has 0 saturated carbocycles. The Balaban J connectivity index is 1.65. The molecule has 6 heteroatoms. The molecule has 4 atom stereocenters. The van der Waals surface area contributed by atoms with Crippen LogP contribution in [0.4, 0.5) is 13.2 Å². The fourth-order valence-corrected chi connectivity index (χ4v) is 5.17. The highest BCUT2D eigenvalue weighted by Crippen LogP contribution is 2.45. The fraction of sp³-hybridized carbons (Fsp3) is 1.00. The number of hydrogen-bond donors (Lipinski definition) is 1. The molecular formula is C17H30F3N3. The van der Waals surface area contributed by atoms with Crippen molar-refractivity contribution in [3.05, 3.63) is 0 Å². The van der Waals surface area contributed by atoms with E-state index >= 15 is 0 Å². The molecule has 0 aromatic rings. The van der Waals surface area contributed by atoms with E-state index in [0.29, 0.717) is 12.1 Å². The predicted molar refractivity (Wildman–Crippen MR) is 85.4 cm³/mol. The Hall–Kier alpha value is -0.330. The Labute approximate surface area is 137 Å². The first-order valence-corrected chi connectivity index (χ1v) is 9.17. The first-order valence-electron chi connectivity index (χ1n) is 9.17. The number of halogens is 3. The van der Waals surface area contributed by atoms with Crippen molar-refractivity contribution in [2.75, 3.05) is 32.7 Å². The zero-order valence-corrected chi connectivity index (χ0v) is 14.3. The molecule has 0 spiro atoms. The molecule has 23 heavy (non-hydrogen) atoms. The first kappa shape index (κ1) is 17.5. The van der Waals surface area contributed by atoms with E-state index in [4.69, 9.17) is 0 Å². The fourth-order valence-electron chi connectivity index (χ4n) is 5.17. The highest BCUT2D eigenvalue weighted by molar-refractivity contribution is 5.07. The van der Waals surface area contributed by atoms with Crippen molar-refractivity contribution in [1.82, 2.24) is 15.1 Å². The molecule has 0 radical (unpaired) electrons. The van der Waals surface area contributed by atoms with Crippen LogP contribution in [0.3, 0.4) is 0 Å². The maximum atomic E-state index is 12.4. The molecule has 134 valence electrons. The lowest BCUT2D eigenvalue weighted by atomic mass is 9.73. The van der Waals surface area contributed by atoms with Crippen LogP contribution in [0.25, 0.3) is 0 Å². The largest absolute Gasteiger partial charge is 0.401 e. The lowest BCUT2D eigenvalue weighted by Crippen LogP contribution is -2.58. The molecule has 1 N–H and O–H groups in total. The molecule has 4 fully saturated rings.